The zero-order valence-corrected chi connectivity index (χ0v) is 11.9. The fourth-order valence-electron chi connectivity index (χ4n) is 2.54. The summed E-state index contributed by atoms with van der Waals surface area (Å²) in [6.45, 7) is 0.812. The molecule has 0 radical (unpaired) electrons. The lowest BCUT2D eigenvalue weighted by molar-refractivity contribution is -0.154. The van der Waals surface area contributed by atoms with Crippen LogP contribution in [0.4, 0.5) is 4.39 Å². The zero-order chi connectivity index (χ0) is 14.7. The molecule has 1 aliphatic rings. The Balaban J connectivity index is 2.21. The van der Waals surface area contributed by atoms with Crippen molar-refractivity contribution in [2.75, 3.05) is 13.7 Å². The number of aliphatic hydroxyl groups is 1. The van der Waals surface area contributed by atoms with Crippen LogP contribution in [0.2, 0.25) is 5.02 Å². The Morgan fingerprint density at radius 2 is 2.35 bits per heavy atom. The molecule has 110 valence electrons. The van der Waals surface area contributed by atoms with E-state index in [2.05, 4.69) is 0 Å². The highest BCUT2D eigenvalue weighted by Gasteiger charge is 2.36. The fraction of sp³-hybridized carbons (Fsp3) is 0.500. The van der Waals surface area contributed by atoms with Crippen molar-refractivity contribution in [3.05, 3.63) is 34.6 Å². The molecule has 0 spiro atoms. The molecule has 1 aromatic carbocycles. The van der Waals surface area contributed by atoms with Gasteiger partial charge in [0.2, 0.25) is 0 Å². The topological polar surface area (TPSA) is 49.8 Å². The molecule has 1 aromatic rings. The summed E-state index contributed by atoms with van der Waals surface area (Å²) in [4.78, 5) is 13.5. The molecule has 1 N–H and O–H groups in total. The van der Waals surface area contributed by atoms with E-state index in [1.807, 2.05) is 0 Å². The van der Waals surface area contributed by atoms with E-state index in [0.29, 0.717) is 18.5 Å². The van der Waals surface area contributed by atoms with Crippen LogP contribution in [0.3, 0.4) is 0 Å². The van der Waals surface area contributed by atoms with Crippen molar-refractivity contribution in [2.45, 2.75) is 31.5 Å². The minimum Gasteiger partial charge on any atom is -0.468 e. The number of methoxy groups -OCH3 is 1. The summed E-state index contributed by atoms with van der Waals surface area (Å²) in [5, 5.41) is 10.0. The van der Waals surface area contributed by atoms with Gasteiger partial charge in [-0.05, 0) is 25.5 Å². The van der Waals surface area contributed by atoms with Crippen LogP contribution in [-0.4, -0.2) is 41.8 Å². The van der Waals surface area contributed by atoms with Crippen LogP contribution >= 0.6 is 11.6 Å². The lowest BCUT2D eigenvalue weighted by Crippen LogP contribution is -2.52. The quantitative estimate of drug-likeness (QED) is 0.867. The Morgan fingerprint density at radius 3 is 3.05 bits per heavy atom. The van der Waals surface area contributed by atoms with Crippen LogP contribution < -0.4 is 0 Å². The first kappa shape index (κ1) is 15.2. The number of aliphatic hydroxyl groups excluding tert-OH is 1. The lowest BCUT2D eigenvalue weighted by Gasteiger charge is -2.37. The lowest BCUT2D eigenvalue weighted by atomic mass is 9.98. The van der Waals surface area contributed by atoms with Gasteiger partial charge in [-0.15, -0.1) is 0 Å². The van der Waals surface area contributed by atoms with Gasteiger partial charge in [-0.25, -0.2) is 4.39 Å². The maximum absolute atomic E-state index is 13.9. The van der Waals surface area contributed by atoms with Gasteiger partial charge in [0.1, 0.15) is 11.9 Å². The summed E-state index contributed by atoms with van der Waals surface area (Å²) in [7, 11) is 1.28. The molecule has 0 saturated carbocycles. The number of rotatable bonds is 3. The molecule has 6 heteroatoms. The molecule has 2 rings (SSSR count). The highest BCUT2D eigenvalue weighted by atomic mass is 35.5. The van der Waals surface area contributed by atoms with Gasteiger partial charge in [-0.1, -0.05) is 23.7 Å². The Kier molecular flexibility index (Phi) is 4.96. The molecule has 1 heterocycles. The molecule has 1 aliphatic heterocycles. The Labute approximate surface area is 122 Å². The van der Waals surface area contributed by atoms with Crippen molar-refractivity contribution >= 4 is 17.6 Å². The maximum Gasteiger partial charge on any atom is 0.325 e. The number of nitrogens with zero attached hydrogens (tertiary/aromatic N) is 1. The molecule has 0 aliphatic carbocycles. The first-order chi connectivity index (χ1) is 9.54. The molecule has 0 aromatic heterocycles. The number of hydrogen-bond donors (Lipinski definition) is 1. The van der Waals surface area contributed by atoms with Crippen LogP contribution in [-0.2, 0) is 16.1 Å². The van der Waals surface area contributed by atoms with Crippen molar-refractivity contribution in [2.24, 2.45) is 0 Å². The molecule has 20 heavy (non-hydrogen) atoms. The van der Waals surface area contributed by atoms with E-state index in [9.17, 15) is 14.3 Å². The molecule has 4 nitrogen and oxygen atoms in total. The first-order valence-corrected chi connectivity index (χ1v) is 6.85. The predicted octanol–water partition coefficient (Wildman–Crippen LogP) is 1.98. The van der Waals surface area contributed by atoms with Crippen LogP contribution in [0.5, 0.6) is 0 Å². The second-order valence-corrected chi connectivity index (χ2v) is 5.27. The summed E-state index contributed by atoms with van der Waals surface area (Å²) < 4.78 is 18.6. The monoisotopic (exact) mass is 301 g/mol. The minimum atomic E-state index is -0.793. The van der Waals surface area contributed by atoms with Gasteiger partial charge in [0.15, 0.2) is 0 Å². The molecule has 0 bridgehead atoms. The van der Waals surface area contributed by atoms with E-state index in [1.54, 1.807) is 17.0 Å². The summed E-state index contributed by atoms with van der Waals surface area (Å²) in [6, 6.07) is 4.00. The number of benzene rings is 1. The number of esters is 1. The number of carbonyl (C=O) groups excluding carboxylic acids is 1. The van der Waals surface area contributed by atoms with Crippen molar-refractivity contribution in [3.63, 3.8) is 0 Å². The molecular weight excluding hydrogens is 285 g/mol. The number of hydrogen-bond acceptors (Lipinski definition) is 4. The second-order valence-electron chi connectivity index (χ2n) is 4.86. The van der Waals surface area contributed by atoms with Crippen LogP contribution in [0.15, 0.2) is 18.2 Å². The third kappa shape index (κ3) is 3.11. The van der Waals surface area contributed by atoms with Gasteiger partial charge in [-0.2, -0.15) is 0 Å². The van der Waals surface area contributed by atoms with Gasteiger partial charge in [0, 0.05) is 12.1 Å². The normalized spacial score (nSPS) is 23.6. The van der Waals surface area contributed by atoms with Crippen molar-refractivity contribution in [1.29, 1.82) is 0 Å². The van der Waals surface area contributed by atoms with E-state index in [1.165, 1.54) is 13.2 Å². The molecular formula is C14H17ClFNO3. The Hall–Kier alpha value is -1.17. The third-order valence-electron chi connectivity index (χ3n) is 3.55. The summed E-state index contributed by atoms with van der Waals surface area (Å²) >= 11 is 5.75. The molecule has 1 fully saturated rings. The summed E-state index contributed by atoms with van der Waals surface area (Å²) in [5.74, 6) is -0.988. The molecule has 0 amide bonds. The largest absolute Gasteiger partial charge is 0.468 e. The van der Waals surface area contributed by atoms with Gasteiger partial charge in [0.05, 0.1) is 18.2 Å². The molecule has 1 saturated heterocycles. The van der Waals surface area contributed by atoms with E-state index in [-0.39, 0.29) is 11.6 Å². The summed E-state index contributed by atoms with van der Waals surface area (Å²) in [6.07, 6.45) is 0.490. The van der Waals surface area contributed by atoms with Crippen molar-refractivity contribution in [1.82, 2.24) is 4.90 Å². The first-order valence-electron chi connectivity index (χ1n) is 6.47. The minimum absolute atomic E-state index is 0.0506. The highest BCUT2D eigenvalue weighted by molar-refractivity contribution is 6.30. The average Bonchev–Trinajstić information content (AvgIpc) is 2.43. The number of likely N-dealkylation sites (tertiary alicyclic amines) is 1. The predicted molar refractivity (Wildman–Crippen MR) is 72.9 cm³/mol. The zero-order valence-electron chi connectivity index (χ0n) is 11.2. The smallest absolute Gasteiger partial charge is 0.325 e. The van der Waals surface area contributed by atoms with Gasteiger partial charge < -0.3 is 9.84 Å². The SMILES string of the molecule is COC(=O)C1C(O)CCCN1Cc1cccc(Cl)c1F. The van der Waals surface area contributed by atoms with E-state index in [4.69, 9.17) is 16.3 Å². The Morgan fingerprint density at radius 1 is 1.60 bits per heavy atom. The molecule has 2 unspecified atom stereocenters. The number of piperidine rings is 1. The maximum atomic E-state index is 13.9. The van der Waals surface area contributed by atoms with E-state index in [0.717, 1.165) is 6.42 Å². The van der Waals surface area contributed by atoms with Crippen LogP contribution in [0, 0.1) is 5.82 Å². The number of halogens is 2. The van der Waals surface area contributed by atoms with Crippen molar-refractivity contribution < 1.29 is 19.0 Å². The van der Waals surface area contributed by atoms with Gasteiger partial charge in [-0.3, -0.25) is 9.69 Å². The average molecular weight is 302 g/mol. The number of carbonyl (C=O) groups is 1. The van der Waals surface area contributed by atoms with Crippen LogP contribution in [0.25, 0.3) is 0 Å². The van der Waals surface area contributed by atoms with Crippen LogP contribution in [0.1, 0.15) is 18.4 Å². The highest BCUT2D eigenvalue weighted by Crippen LogP contribution is 2.24. The van der Waals surface area contributed by atoms with Gasteiger partial charge in [0.25, 0.3) is 0 Å². The standard InChI is InChI=1S/C14H17ClFNO3/c1-20-14(19)13-11(18)6-3-7-17(13)8-9-4-2-5-10(15)12(9)16/h2,4-5,11,13,18H,3,6-8H2,1H3. The van der Waals surface area contributed by atoms with E-state index >= 15 is 0 Å². The fourth-order valence-corrected chi connectivity index (χ4v) is 2.73. The molecule has 2 atom stereocenters. The second kappa shape index (κ2) is 6.52. The Bertz CT molecular complexity index is 497. The summed E-state index contributed by atoms with van der Waals surface area (Å²) in [5.41, 5.74) is 0.403. The third-order valence-corrected chi connectivity index (χ3v) is 3.84. The van der Waals surface area contributed by atoms with Gasteiger partial charge >= 0.3 is 5.97 Å². The number of ether oxygens (including phenoxy) is 1. The van der Waals surface area contributed by atoms with E-state index < -0.39 is 23.9 Å². The van der Waals surface area contributed by atoms with Crippen molar-refractivity contribution in [3.8, 4) is 0 Å².